The molecule has 7 rings (SSSR count). The molecule has 236 valence electrons. The first kappa shape index (κ1) is 30.2. The number of hydrogen-bond acceptors (Lipinski definition) is 5. The highest BCUT2D eigenvalue weighted by atomic mass is 28.3. The van der Waals surface area contributed by atoms with Gasteiger partial charge in [0.1, 0.15) is 5.75 Å². The van der Waals surface area contributed by atoms with Crippen molar-refractivity contribution in [2.45, 2.75) is 50.2 Å². The summed E-state index contributed by atoms with van der Waals surface area (Å²) >= 11 is 0. The monoisotopic (exact) mass is 633 g/mol. The molecular formula is C37H39N3O5Si. The van der Waals surface area contributed by atoms with Crippen molar-refractivity contribution >= 4 is 35.8 Å². The highest BCUT2D eigenvalue weighted by Crippen LogP contribution is 2.60. The van der Waals surface area contributed by atoms with Crippen molar-refractivity contribution in [2.24, 2.45) is 5.92 Å². The molecule has 2 N–H and O–H groups in total. The van der Waals surface area contributed by atoms with E-state index in [1.54, 1.807) is 11.8 Å². The van der Waals surface area contributed by atoms with Crippen LogP contribution in [0.1, 0.15) is 24.5 Å². The van der Waals surface area contributed by atoms with Gasteiger partial charge in [0.05, 0.1) is 50.1 Å². The van der Waals surface area contributed by atoms with Gasteiger partial charge in [-0.3, -0.25) is 14.7 Å². The molecule has 2 aliphatic rings. The Bertz CT molecular complexity index is 1970. The number of ether oxygens (including phenoxy) is 2. The van der Waals surface area contributed by atoms with E-state index in [-0.39, 0.29) is 35.6 Å². The number of para-hydroxylation sites is 2. The van der Waals surface area contributed by atoms with Crippen molar-refractivity contribution in [3.63, 3.8) is 0 Å². The first-order valence-corrected chi connectivity index (χ1v) is 18.9. The molecule has 5 aromatic rings. The molecule has 2 aliphatic heterocycles. The lowest BCUT2D eigenvalue weighted by molar-refractivity contribution is -0.146. The summed E-state index contributed by atoms with van der Waals surface area (Å²) in [7, 11) is -0.569. The van der Waals surface area contributed by atoms with Crippen LogP contribution in [-0.2, 0) is 21.7 Å². The van der Waals surface area contributed by atoms with E-state index in [0.717, 1.165) is 33.8 Å². The van der Waals surface area contributed by atoms with Crippen molar-refractivity contribution in [2.75, 3.05) is 18.6 Å². The van der Waals surface area contributed by atoms with Crippen molar-refractivity contribution in [3.05, 3.63) is 119 Å². The van der Waals surface area contributed by atoms with Crippen LogP contribution in [-0.4, -0.2) is 48.7 Å². The molecule has 0 bridgehead atoms. The molecule has 1 amide bonds. The maximum atomic E-state index is 14.8. The highest BCUT2D eigenvalue weighted by molar-refractivity contribution is 6.91. The van der Waals surface area contributed by atoms with Gasteiger partial charge in [-0.2, -0.15) is 0 Å². The molecule has 1 spiro atoms. The molecule has 0 saturated carbocycles. The zero-order valence-electron chi connectivity index (χ0n) is 26.6. The molecule has 8 nitrogen and oxygen atoms in total. The van der Waals surface area contributed by atoms with E-state index >= 15 is 0 Å². The average molecular weight is 634 g/mol. The molecule has 9 heteroatoms. The number of H-pyrrole nitrogens is 1. The lowest BCUT2D eigenvalue weighted by atomic mass is 9.82. The van der Waals surface area contributed by atoms with Crippen LogP contribution in [0.5, 0.6) is 5.75 Å². The predicted molar refractivity (Wildman–Crippen MR) is 183 cm³/mol. The van der Waals surface area contributed by atoms with Gasteiger partial charge in [0.25, 0.3) is 11.5 Å². The summed E-state index contributed by atoms with van der Waals surface area (Å²) in [5.41, 5.74) is 3.02. The fraction of sp³-hybridized carbons (Fsp3) is 0.297. The number of aliphatic hydroxyl groups is 1. The van der Waals surface area contributed by atoms with Crippen molar-refractivity contribution in [1.82, 2.24) is 9.78 Å². The zero-order chi connectivity index (χ0) is 32.2. The van der Waals surface area contributed by atoms with Crippen LogP contribution in [0.4, 0.5) is 5.69 Å². The fourth-order valence-corrected chi connectivity index (χ4v) is 12.1. The molecule has 0 aliphatic carbocycles. The van der Waals surface area contributed by atoms with E-state index < -0.39 is 13.7 Å². The van der Waals surface area contributed by atoms with Gasteiger partial charge in [-0.05, 0) is 60.0 Å². The summed E-state index contributed by atoms with van der Waals surface area (Å²) in [6.45, 7) is 7.19. The van der Waals surface area contributed by atoms with Crippen LogP contribution in [0.25, 0.3) is 16.6 Å². The standard InChI is InChI=1S/C37H39N3O5Si/c1-24-34(46(3,4)28-19-17-27(44-2)18-20-28)33(21-22-41)45-37(24)30-10-6-8-12-32(30)39(36(37)43)23-25-13-15-26(16-14-25)40-35(42)29-9-5-7-11-31(29)38-40/h5-20,24,33-34,38,41H,21-23H2,1-4H3/t24-,33+,34-,37+/m0/s1. The Hall–Kier alpha value is -4.44. The number of hydrogen-bond donors (Lipinski definition) is 2. The van der Waals surface area contributed by atoms with Crippen LogP contribution in [0.2, 0.25) is 18.6 Å². The largest absolute Gasteiger partial charge is 0.497 e. The van der Waals surface area contributed by atoms with E-state index in [1.807, 2.05) is 89.8 Å². The minimum atomic E-state index is -2.24. The number of aromatic amines is 1. The third kappa shape index (κ3) is 4.56. The summed E-state index contributed by atoms with van der Waals surface area (Å²) in [6, 6.07) is 31.4. The van der Waals surface area contributed by atoms with Gasteiger partial charge < -0.3 is 19.5 Å². The summed E-state index contributed by atoms with van der Waals surface area (Å²) in [6.07, 6.45) is 0.197. The number of methoxy groups -OCH3 is 1. The van der Waals surface area contributed by atoms with Gasteiger partial charge in [0.2, 0.25) is 0 Å². The smallest absolute Gasteiger partial charge is 0.279 e. The van der Waals surface area contributed by atoms with Crippen molar-refractivity contribution < 1.29 is 19.4 Å². The normalized spacial score (nSPS) is 22.6. The Balaban J connectivity index is 1.22. The number of fused-ring (bicyclic) bond motifs is 3. The maximum Gasteiger partial charge on any atom is 0.279 e. The van der Waals surface area contributed by atoms with Gasteiger partial charge in [0.15, 0.2) is 5.60 Å². The van der Waals surface area contributed by atoms with Crippen LogP contribution >= 0.6 is 0 Å². The molecule has 0 unspecified atom stereocenters. The van der Waals surface area contributed by atoms with E-state index in [9.17, 15) is 14.7 Å². The van der Waals surface area contributed by atoms with Crippen LogP contribution in [0, 0.1) is 5.92 Å². The molecule has 46 heavy (non-hydrogen) atoms. The number of carbonyl (C=O) groups is 1. The Kier molecular flexibility index (Phi) is 7.50. The van der Waals surface area contributed by atoms with Crippen LogP contribution < -0.4 is 20.4 Å². The second-order valence-corrected chi connectivity index (χ2v) is 17.7. The minimum Gasteiger partial charge on any atom is -0.497 e. The zero-order valence-corrected chi connectivity index (χ0v) is 27.6. The second-order valence-electron chi connectivity index (χ2n) is 13.0. The maximum absolute atomic E-state index is 14.8. The minimum absolute atomic E-state index is 0.0115. The molecule has 1 fully saturated rings. The van der Waals surface area contributed by atoms with E-state index in [1.165, 1.54) is 5.19 Å². The van der Waals surface area contributed by atoms with Gasteiger partial charge in [0, 0.05) is 18.1 Å². The Morgan fingerprint density at radius 1 is 0.935 bits per heavy atom. The Morgan fingerprint density at radius 3 is 2.33 bits per heavy atom. The molecule has 4 atom stereocenters. The summed E-state index contributed by atoms with van der Waals surface area (Å²) in [5.74, 6) is 0.620. The van der Waals surface area contributed by atoms with Crippen molar-refractivity contribution in [3.8, 4) is 11.4 Å². The summed E-state index contributed by atoms with van der Waals surface area (Å²) in [4.78, 5) is 29.6. The van der Waals surface area contributed by atoms with Gasteiger partial charge in [-0.1, -0.05) is 79.8 Å². The highest BCUT2D eigenvalue weighted by Gasteiger charge is 2.66. The molecule has 1 saturated heterocycles. The number of anilines is 1. The molecule has 3 heterocycles. The number of rotatable bonds is 8. The van der Waals surface area contributed by atoms with Gasteiger partial charge in [-0.15, -0.1) is 0 Å². The number of aromatic nitrogens is 2. The van der Waals surface area contributed by atoms with Crippen LogP contribution in [0.15, 0.2) is 102 Å². The lowest BCUT2D eigenvalue weighted by Gasteiger charge is -2.37. The number of aliphatic hydroxyl groups excluding tert-OH is 1. The molecule has 4 aromatic carbocycles. The third-order valence-electron chi connectivity index (χ3n) is 10.3. The fourth-order valence-electron chi connectivity index (χ4n) is 8.00. The quantitative estimate of drug-likeness (QED) is 0.221. The number of amides is 1. The summed E-state index contributed by atoms with van der Waals surface area (Å²) < 4.78 is 13.9. The van der Waals surface area contributed by atoms with Crippen molar-refractivity contribution in [1.29, 1.82) is 0 Å². The number of nitrogens with one attached hydrogen (secondary N) is 1. The molecular weight excluding hydrogens is 595 g/mol. The third-order valence-corrected chi connectivity index (χ3v) is 14.6. The SMILES string of the molecule is COc1ccc([Si](C)(C)[C@@H]2[C@@H](CCO)O[C@]3(C(=O)N(Cc4ccc(-n5[nH]c6ccccc6c5=O)cc4)c4ccccc43)[C@H]2C)cc1. The first-order chi connectivity index (χ1) is 22.2. The topological polar surface area (TPSA) is 96.8 Å². The lowest BCUT2D eigenvalue weighted by Crippen LogP contribution is -2.51. The Morgan fingerprint density at radius 2 is 1.63 bits per heavy atom. The molecule has 1 aromatic heterocycles. The number of carbonyl (C=O) groups excluding carboxylic acids is 1. The summed E-state index contributed by atoms with van der Waals surface area (Å²) in [5, 5.41) is 15.2. The first-order valence-electron chi connectivity index (χ1n) is 15.8. The number of nitrogens with zero attached hydrogens (tertiary/aromatic N) is 2. The Labute approximate surface area is 269 Å². The van der Waals surface area contributed by atoms with Gasteiger partial charge >= 0.3 is 0 Å². The average Bonchev–Trinajstić information content (AvgIpc) is 3.65. The second kappa shape index (κ2) is 11.4. The van der Waals surface area contributed by atoms with E-state index in [2.05, 4.69) is 37.2 Å². The molecule has 0 radical (unpaired) electrons. The van der Waals surface area contributed by atoms with Crippen LogP contribution in [0.3, 0.4) is 0 Å². The number of benzene rings is 4. The van der Waals surface area contributed by atoms with Gasteiger partial charge in [-0.25, -0.2) is 4.68 Å². The van der Waals surface area contributed by atoms with E-state index in [4.69, 9.17) is 9.47 Å². The predicted octanol–water partition coefficient (Wildman–Crippen LogP) is 5.47. The van der Waals surface area contributed by atoms with E-state index in [0.29, 0.717) is 18.4 Å².